The van der Waals surface area contributed by atoms with Gasteiger partial charge >= 0.3 is 0 Å². The van der Waals surface area contributed by atoms with Crippen LogP contribution in [0.15, 0.2) is 30.3 Å². The van der Waals surface area contributed by atoms with Gasteiger partial charge in [0.1, 0.15) is 5.82 Å². The minimum absolute atomic E-state index is 0.00404. The molecule has 0 saturated carbocycles. The number of para-hydroxylation sites is 1. The summed E-state index contributed by atoms with van der Waals surface area (Å²) in [5.74, 6) is 0.828. The molecular formula is C17H23N3O. The van der Waals surface area contributed by atoms with Crippen LogP contribution in [0.4, 0.5) is 5.82 Å². The molecule has 1 amide bonds. The van der Waals surface area contributed by atoms with Crippen molar-refractivity contribution in [3.8, 4) is 5.69 Å². The molecule has 0 bridgehead atoms. The number of nitrogens with zero attached hydrogens (tertiary/aromatic N) is 3. The summed E-state index contributed by atoms with van der Waals surface area (Å²) in [5, 5.41) is 4.78. The number of carbonyl (C=O) groups is 1. The number of amides is 1. The van der Waals surface area contributed by atoms with Crippen molar-refractivity contribution in [2.24, 2.45) is 0 Å². The molecule has 0 radical (unpaired) electrons. The Morgan fingerprint density at radius 2 is 1.76 bits per heavy atom. The van der Waals surface area contributed by atoms with Crippen molar-refractivity contribution in [2.75, 3.05) is 11.9 Å². The molecule has 112 valence electrons. The maximum atomic E-state index is 11.8. The summed E-state index contributed by atoms with van der Waals surface area (Å²) in [6.45, 7) is 10.00. The molecule has 1 aromatic carbocycles. The van der Waals surface area contributed by atoms with Crippen LogP contribution in [0.1, 0.15) is 39.0 Å². The van der Waals surface area contributed by atoms with Crippen molar-refractivity contribution < 1.29 is 4.79 Å². The second-order valence-electron chi connectivity index (χ2n) is 6.37. The highest BCUT2D eigenvalue weighted by molar-refractivity contribution is 5.91. The Bertz CT molecular complexity index is 651. The van der Waals surface area contributed by atoms with E-state index in [0.717, 1.165) is 22.8 Å². The average molecular weight is 285 g/mol. The summed E-state index contributed by atoms with van der Waals surface area (Å²) in [6, 6.07) is 9.91. The fraction of sp³-hybridized carbons (Fsp3) is 0.412. The van der Waals surface area contributed by atoms with Crippen molar-refractivity contribution in [3.63, 3.8) is 0 Å². The van der Waals surface area contributed by atoms with Gasteiger partial charge in [-0.15, -0.1) is 0 Å². The van der Waals surface area contributed by atoms with Crippen molar-refractivity contribution in [1.82, 2.24) is 9.78 Å². The van der Waals surface area contributed by atoms with Crippen LogP contribution in [0.5, 0.6) is 0 Å². The van der Waals surface area contributed by atoms with Gasteiger partial charge in [0.25, 0.3) is 0 Å². The molecule has 0 N–H and O–H groups in total. The lowest BCUT2D eigenvalue weighted by atomic mass is 9.90. The van der Waals surface area contributed by atoms with Crippen LogP contribution in [0.3, 0.4) is 0 Å². The second-order valence-corrected chi connectivity index (χ2v) is 6.37. The standard InChI is InChI=1S/C17H23N3O/c1-12-15(17(3,4)5)18-20(14-10-8-7-9-11-14)16(12)19(6)13(2)21/h7-11H,1-6H3. The highest BCUT2D eigenvalue weighted by atomic mass is 16.2. The van der Waals surface area contributed by atoms with Gasteiger partial charge in [0, 0.05) is 24.9 Å². The van der Waals surface area contributed by atoms with Crippen molar-refractivity contribution in [3.05, 3.63) is 41.6 Å². The van der Waals surface area contributed by atoms with Crippen LogP contribution in [0, 0.1) is 6.92 Å². The molecule has 0 saturated heterocycles. The Balaban J connectivity index is 2.72. The molecular weight excluding hydrogens is 262 g/mol. The van der Waals surface area contributed by atoms with E-state index in [9.17, 15) is 4.79 Å². The van der Waals surface area contributed by atoms with E-state index < -0.39 is 0 Å². The van der Waals surface area contributed by atoms with Gasteiger partial charge in [-0.05, 0) is 19.1 Å². The Labute approximate surface area is 126 Å². The topological polar surface area (TPSA) is 38.1 Å². The fourth-order valence-electron chi connectivity index (χ4n) is 2.49. The lowest BCUT2D eigenvalue weighted by molar-refractivity contribution is -0.116. The molecule has 0 aliphatic rings. The van der Waals surface area contributed by atoms with Gasteiger partial charge in [-0.3, -0.25) is 9.69 Å². The lowest BCUT2D eigenvalue weighted by Crippen LogP contribution is -2.26. The first-order valence-electron chi connectivity index (χ1n) is 7.13. The predicted octanol–water partition coefficient (Wildman–Crippen LogP) is 3.46. The van der Waals surface area contributed by atoms with Crippen LogP contribution >= 0.6 is 0 Å². The van der Waals surface area contributed by atoms with Crippen molar-refractivity contribution in [1.29, 1.82) is 0 Å². The number of aromatic nitrogens is 2. The summed E-state index contributed by atoms with van der Waals surface area (Å²) in [5.41, 5.74) is 2.94. The van der Waals surface area contributed by atoms with Crippen LogP contribution in [-0.4, -0.2) is 22.7 Å². The molecule has 0 unspecified atom stereocenters. The van der Waals surface area contributed by atoms with Crippen LogP contribution in [-0.2, 0) is 10.2 Å². The van der Waals surface area contributed by atoms with Gasteiger partial charge in [0.15, 0.2) is 0 Å². The average Bonchev–Trinajstić information content (AvgIpc) is 2.76. The molecule has 1 heterocycles. The minimum atomic E-state index is -0.0729. The Kier molecular flexibility index (Phi) is 3.90. The first-order chi connectivity index (χ1) is 9.73. The fourth-order valence-corrected chi connectivity index (χ4v) is 2.49. The third kappa shape index (κ3) is 2.84. The van der Waals surface area contributed by atoms with E-state index in [1.165, 1.54) is 0 Å². The van der Waals surface area contributed by atoms with E-state index in [1.807, 2.05) is 41.9 Å². The summed E-state index contributed by atoms with van der Waals surface area (Å²) in [7, 11) is 1.79. The van der Waals surface area contributed by atoms with Crippen molar-refractivity contribution >= 4 is 11.7 Å². The normalized spacial score (nSPS) is 11.5. The quantitative estimate of drug-likeness (QED) is 0.847. The first kappa shape index (κ1) is 15.3. The SMILES string of the molecule is CC(=O)N(C)c1c(C)c(C(C)(C)C)nn1-c1ccccc1. The zero-order valence-electron chi connectivity index (χ0n) is 13.6. The van der Waals surface area contributed by atoms with Crippen LogP contribution in [0.2, 0.25) is 0 Å². The molecule has 0 spiro atoms. The number of benzene rings is 1. The number of hydrogen-bond donors (Lipinski definition) is 0. The monoisotopic (exact) mass is 285 g/mol. The second kappa shape index (κ2) is 5.35. The highest BCUT2D eigenvalue weighted by Gasteiger charge is 2.27. The molecule has 0 fully saturated rings. The van der Waals surface area contributed by atoms with E-state index in [2.05, 4.69) is 20.8 Å². The van der Waals surface area contributed by atoms with Gasteiger partial charge in [-0.1, -0.05) is 39.0 Å². The van der Waals surface area contributed by atoms with E-state index in [4.69, 9.17) is 5.10 Å². The number of rotatable bonds is 2. The van der Waals surface area contributed by atoms with Gasteiger partial charge in [-0.2, -0.15) is 5.10 Å². The van der Waals surface area contributed by atoms with Gasteiger partial charge in [0.05, 0.1) is 11.4 Å². The van der Waals surface area contributed by atoms with Gasteiger partial charge in [-0.25, -0.2) is 4.68 Å². The highest BCUT2D eigenvalue weighted by Crippen LogP contribution is 2.32. The van der Waals surface area contributed by atoms with E-state index in [0.29, 0.717) is 0 Å². The van der Waals surface area contributed by atoms with E-state index >= 15 is 0 Å². The van der Waals surface area contributed by atoms with Gasteiger partial charge < -0.3 is 0 Å². The third-order valence-electron chi connectivity index (χ3n) is 3.59. The Morgan fingerprint density at radius 1 is 1.19 bits per heavy atom. The van der Waals surface area contributed by atoms with Gasteiger partial charge in [0.2, 0.25) is 5.91 Å². The zero-order chi connectivity index (χ0) is 15.8. The lowest BCUT2D eigenvalue weighted by Gasteiger charge is -2.19. The minimum Gasteiger partial charge on any atom is -0.300 e. The molecule has 2 rings (SSSR count). The maximum Gasteiger partial charge on any atom is 0.224 e. The van der Waals surface area contributed by atoms with E-state index in [1.54, 1.807) is 18.9 Å². The zero-order valence-corrected chi connectivity index (χ0v) is 13.6. The molecule has 4 nitrogen and oxygen atoms in total. The first-order valence-corrected chi connectivity index (χ1v) is 7.13. The molecule has 4 heteroatoms. The molecule has 2 aromatic rings. The summed E-state index contributed by atoms with van der Waals surface area (Å²) in [4.78, 5) is 13.5. The number of carbonyl (C=O) groups excluding carboxylic acids is 1. The number of anilines is 1. The number of hydrogen-bond acceptors (Lipinski definition) is 2. The van der Waals surface area contributed by atoms with Crippen molar-refractivity contribution in [2.45, 2.75) is 40.0 Å². The summed E-state index contributed by atoms with van der Waals surface area (Å²) in [6.07, 6.45) is 0. The van der Waals surface area contributed by atoms with Crippen LogP contribution < -0.4 is 4.90 Å². The third-order valence-corrected chi connectivity index (χ3v) is 3.59. The molecule has 1 aromatic heterocycles. The predicted molar refractivity (Wildman–Crippen MR) is 86.1 cm³/mol. The van der Waals surface area contributed by atoms with E-state index in [-0.39, 0.29) is 11.3 Å². The Hall–Kier alpha value is -2.10. The largest absolute Gasteiger partial charge is 0.300 e. The summed E-state index contributed by atoms with van der Waals surface area (Å²) < 4.78 is 1.86. The molecule has 0 aliphatic heterocycles. The Morgan fingerprint density at radius 3 is 2.24 bits per heavy atom. The molecule has 0 aliphatic carbocycles. The molecule has 0 atom stereocenters. The summed E-state index contributed by atoms with van der Waals surface area (Å²) >= 11 is 0. The smallest absolute Gasteiger partial charge is 0.224 e. The van der Waals surface area contributed by atoms with Crippen LogP contribution in [0.25, 0.3) is 5.69 Å². The molecule has 21 heavy (non-hydrogen) atoms. The maximum absolute atomic E-state index is 11.8.